The predicted octanol–water partition coefficient (Wildman–Crippen LogP) is 3.72. The molecule has 0 aliphatic carbocycles. The number of carbonyl (C=O) groups excluding carboxylic acids is 1. The van der Waals surface area contributed by atoms with Crippen LogP contribution < -0.4 is 5.32 Å². The highest BCUT2D eigenvalue weighted by Gasteiger charge is 2.43. The standard InChI is InChI=1S/C20H19N3O4S/c1-6-20(4,5)27-19(24)16-11(2)22-12(3)18(23(25)26)17(16)14-10-28-15-7-8-21-9-13(14)15/h1,7-10,17,22H,2-5H3. The number of carbonyl (C=O) groups is 1. The van der Waals surface area contributed by atoms with Crippen LogP contribution in [0.15, 0.2) is 46.5 Å². The lowest BCUT2D eigenvalue weighted by Gasteiger charge is -2.28. The minimum atomic E-state index is -1.14. The Morgan fingerprint density at radius 3 is 2.79 bits per heavy atom. The Morgan fingerprint density at radius 2 is 2.14 bits per heavy atom. The van der Waals surface area contributed by atoms with Gasteiger partial charge in [0.05, 0.1) is 16.2 Å². The number of esters is 1. The molecule has 144 valence electrons. The maximum Gasteiger partial charge on any atom is 0.338 e. The summed E-state index contributed by atoms with van der Waals surface area (Å²) >= 11 is 1.44. The number of terminal acetylenes is 1. The fraction of sp³-hybridized carbons (Fsp3) is 0.300. The van der Waals surface area contributed by atoms with E-state index in [1.165, 1.54) is 11.3 Å². The maximum absolute atomic E-state index is 13.0. The molecule has 3 heterocycles. The summed E-state index contributed by atoms with van der Waals surface area (Å²) in [5.41, 5.74) is 0.449. The molecule has 0 spiro atoms. The first kappa shape index (κ1) is 19.6. The van der Waals surface area contributed by atoms with Gasteiger partial charge in [0.2, 0.25) is 0 Å². The topological polar surface area (TPSA) is 94.4 Å². The second kappa shape index (κ2) is 7.09. The second-order valence-electron chi connectivity index (χ2n) is 6.97. The third kappa shape index (κ3) is 3.37. The van der Waals surface area contributed by atoms with E-state index >= 15 is 0 Å². The summed E-state index contributed by atoms with van der Waals surface area (Å²) in [6, 6.07) is 1.84. The fourth-order valence-electron chi connectivity index (χ4n) is 3.23. The Morgan fingerprint density at radius 1 is 1.43 bits per heavy atom. The van der Waals surface area contributed by atoms with Crippen LogP contribution in [0.2, 0.25) is 0 Å². The Balaban J connectivity index is 2.22. The molecule has 2 aromatic heterocycles. The minimum absolute atomic E-state index is 0.0976. The normalized spacial score (nSPS) is 17.3. The summed E-state index contributed by atoms with van der Waals surface area (Å²) in [6.45, 7) is 6.49. The second-order valence-corrected chi connectivity index (χ2v) is 7.88. The van der Waals surface area contributed by atoms with Crippen molar-refractivity contribution in [1.29, 1.82) is 0 Å². The van der Waals surface area contributed by atoms with Gasteiger partial charge in [0.25, 0.3) is 5.70 Å². The van der Waals surface area contributed by atoms with Crippen molar-refractivity contribution in [3.05, 3.63) is 62.2 Å². The molecule has 7 nitrogen and oxygen atoms in total. The zero-order chi connectivity index (χ0) is 20.6. The van der Waals surface area contributed by atoms with E-state index in [9.17, 15) is 14.9 Å². The van der Waals surface area contributed by atoms with Crippen LogP contribution in [0.25, 0.3) is 10.1 Å². The van der Waals surface area contributed by atoms with Gasteiger partial charge < -0.3 is 10.1 Å². The first-order chi connectivity index (χ1) is 13.2. The van der Waals surface area contributed by atoms with E-state index in [0.29, 0.717) is 17.0 Å². The summed E-state index contributed by atoms with van der Waals surface area (Å²) in [5, 5.41) is 17.4. The maximum atomic E-state index is 13.0. The number of hydrogen-bond donors (Lipinski definition) is 1. The zero-order valence-corrected chi connectivity index (χ0v) is 16.7. The van der Waals surface area contributed by atoms with Crippen molar-refractivity contribution in [2.75, 3.05) is 0 Å². The molecule has 8 heteroatoms. The first-order valence-corrected chi connectivity index (χ1v) is 9.39. The molecule has 2 aromatic rings. The average molecular weight is 397 g/mol. The molecular formula is C20H19N3O4S. The summed E-state index contributed by atoms with van der Waals surface area (Å²) in [5.74, 6) is 0.828. The van der Waals surface area contributed by atoms with Crippen molar-refractivity contribution in [2.24, 2.45) is 0 Å². The molecule has 3 rings (SSSR count). The molecule has 1 aliphatic heterocycles. The van der Waals surface area contributed by atoms with Crippen LogP contribution in [0.1, 0.15) is 39.2 Å². The lowest BCUT2D eigenvalue weighted by Crippen LogP contribution is -2.34. The summed E-state index contributed by atoms with van der Waals surface area (Å²) in [7, 11) is 0. The average Bonchev–Trinajstić information content (AvgIpc) is 3.03. The molecule has 0 saturated heterocycles. The van der Waals surface area contributed by atoms with Crippen LogP contribution in [-0.4, -0.2) is 21.5 Å². The van der Waals surface area contributed by atoms with Crippen molar-refractivity contribution >= 4 is 27.4 Å². The first-order valence-electron chi connectivity index (χ1n) is 8.51. The number of pyridine rings is 1. The van der Waals surface area contributed by atoms with Crippen molar-refractivity contribution in [3.8, 4) is 12.3 Å². The number of nitrogens with zero attached hydrogens (tertiary/aromatic N) is 2. The van der Waals surface area contributed by atoms with E-state index in [1.54, 1.807) is 40.1 Å². The highest BCUT2D eigenvalue weighted by molar-refractivity contribution is 7.17. The Labute approximate surface area is 166 Å². The number of rotatable bonds is 4. The predicted molar refractivity (Wildman–Crippen MR) is 107 cm³/mol. The van der Waals surface area contributed by atoms with Gasteiger partial charge in [0.15, 0.2) is 5.60 Å². The van der Waals surface area contributed by atoms with Crippen LogP contribution in [0.4, 0.5) is 0 Å². The Kier molecular flexibility index (Phi) is 4.96. The fourth-order valence-corrected chi connectivity index (χ4v) is 4.18. The van der Waals surface area contributed by atoms with Crippen LogP contribution in [0.3, 0.4) is 0 Å². The number of nitrogens with one attached hydrogen (secondary N) is 1. The summed E-state index contributed by atoms with van der Waals surface area (Å²) in [6.07, 6.45) is 8.75. The molecule has 0 amide bonds. The molecule has 0 aromatic carbocycles. The van der Waals surface area contributed by atoms with Crippen LogP contribution in [0.5, 0.6) is 0 Å². The largest absolute Gasteiger partial charge is 0.443 e. The monoisotopic (exact) mass is 397 g/mol. The quantitative estimate of drug-likeness (QED) is 0.366. The van der Waals surface area contributed by atoms with Gasteiger partial charge in [-0.3, -0.25) is 15.1 Å². The molecule has 0 radical (unpaired) electrons. The molecule has 0 bridgehead atoms. The third-order valence-corrected chi connectivity index (χ3v) is 5.54. The van der Waals surface area contributed by atoms with Gasteiger partial charge in [-0.25, -0.2) is 4.79 Å². The van der Waals surface area contributed by atoms with Gasteiger partial charge in [-0.05, 0) is 44.7 Å². The Bertz CT molecular complexity index is 1090. The number of fused-ring (bicyclic) bond motifs is 1. The van der Waals surface area contributed by atoms with Crippen molar-refractivity contribution < 1.29 is 14.5 Å². The highest BCUT2D eigenvalue weighted by atomic mass is 32.1. The number of allylic oxidation sites excluding steroid dienone is 3. The van der Waals surface area contributed by atoms with Crippen LogP contribution in [0, 0.1) is 22.5 Å². The van der Waals surface area contributed by atoms with Gasteiger partial charge in [-0.2, -0.15) is 0 Å². The van der Waals surface area contributed by atoms with E-state index in [4.69, 9.17) is 11.2 Å². The number of aromatic nitrogens is 1. The van der Waals surface area contributed by atoms with Crippen molar-refractivity contribution in [3.63, 3.8) is 0 Å². The molecule has 1 unspecified atom stereocenters. The lowest BCUT2D eigenvalue weighted by atomic mass is 9.84. The van der Waals surface area contributed by atoms with E-state index in [2.05, 4.69) is 16.2 Å². The van der Waals surface area contributed by atoms with Gasteiger partial charge in [-0.1, -0.05) is 5.92 Å². The number of hydrogen-bond acceptors (Lipinski definition) is 7. The number of ether oxygens (including phenoxy) is 1. The van der Waals surface area contributed by atoms with Gasteiger partial charge in [0.1, 0.15) is 5.92 Å². The lowest BCUT2D eigenvalue weighted by molar-refractivity contribution is -0.431. The minimum Gasteiger partial charge on any atom is -0.443 e. The van der Waals surface area contributed by atoms with E-state index in [1.807, 2.05) is 11.4 Å². The zero-order valence-electron chi connectivity index (χ0n) is 15.9. The molecule has 1 aliphatic rings. The number of dihydropyridines is 1. The van der Waals surface area contributed by atoms with Crippen LogP contribution >= 0.6 is 11.3 Å². The van der Waals surface area contributed by atoms with Crippen LogP contribution in [-0.2, 0) is 9.53 Å². The third-order valence-electron chi connectivity index (χ3n) is 4.55. The molecule has 0 fully saturated rings. The SMILES string of the molecule is C#CC(C)(C)OC(=O)C1=C(C)NC(C)=C([N+](=O)[O-])C1c1csc2ccncc12. The van der Waals surface area contributed by atoms with Gasteiger partial charge in [0, 0.05) is 28.2 Å². The molecule has 0 saturated carbocycles. The highest BCUT2D eigenvalue weighted by Crippen LogP contribution is 2.43. The molecule has 1 N–H and O–H groups in total. The van der Waals surface area contributed by atoms with Gasteiger partial charge in [-0.15, -0.1) is 17.8 Å². The molecule has 1 atom stereocenters. The number of thiophene rings is 1. The molecule has 28 heavy (non-hydrogen) atoms. The van der Waals surface area contributed by atoms with Crippen molar-refractivity contribution in [2.45, 2.75) is 39.2 Å². The Hall–Kier alpha value is -3.18. The summed E-state index contributed by atoms with van der Waals surface area (Å²) < 4.78 is 6.40. The number of nitro groups is 1. The smallest absolute Gasteiger partial charge is 0.338 e. The van der Waals surface area contributed by atoms with Gasteiger partial charge >= 0.3 is 5.97 Å². The van der Waals surface area contributed by atoms with E-state index < -0.39 is 22.4 Å². The van der Waals surface area contributed by atoms with Crippen molar-refractivity contribution in [1.82, 2.24) is 10.3 Å². The molecular weight excluding hydrogens is 378 g/mol. The van der Waals surface area contributed by atoms with E-state index in [0.717, 1.165) is 10.1 Å². The summed E-state index contributed by atoms with van der Waals surface area (Å²) in [4.78, 5) is 28.6. The van der Waals surface area contributed by atoms with E-state index in [-0.39, 0.29) is 11.3 Å².